The minimum atomic E-state index is -4.15. The predicted molar refractivity (Wildman–Crippen MR) is 162 cm³/mol. The molecule has 0 aliphatic heterocycles. The van der Waals surface area contributed by atoms with Crippen LogP contribution < -0.4 is 26.8 Å². The van der Waals surface area contributed by atoms with Gasteiger partial charge in [-0.15, -0.1) is 0 Å². The zero-order chi connectivity index (χ0) is 32.2. The molecule has 0 saturated carbocycles. The van der Waals surface area contributed by atoms with E-state index in [1.807, 2.05) is 0 Å². The molecule has 16 heteroatoms. The number of methoxy groups -OCH3 is 2. The van der Waals surface area contributed by atoms with Crippen LogP contribution in [0.15, 0.2) is 59.6 Å². The van der Waals surface area contributed by atoms with Gasteiger partial charge in [-0.25, -0.2) is 0 Å². The highest BCUT2D eigenvalue weighted by Crippen LogP contribution is 2.51. The first-order chi connectivity index (χ1) is 19.9. The molecule has 0 bridgehead atoms. The standard InChI is InChI=1S/C27H29ClO12S3/c1-17(28)13-14-37-22-12-9-19(15-23(22)39-42(5,31)32)25-24(35-2)16-21(26(36-3)27(25)40-43(6,33)34)18-7-10-20(11-8-18)38-41(4,29)30/h7-13,15-16H,14H2,1-6H3/b17-13+. The van der Waals surface area contributed by atoms with Crippen LogP contribution in [0.5, 0.6) is 34.5 Å². The highest BCUT2D eigenvalue weighted by atomic mass is 35.5. The first-order valence-corrected chi connectivity index (χ1v) is 17.9. The lowest BCUT2D eigenvalue weighted by Gasteiger charge is -2.21. The van der Waals surface area contributed by atoms with E-state index < -0.39 is 30.4 Å². The normalized spacial score (nSPS) is 12.4. The molecule has 234 valence electrons. The minimum Gasteiger partial charge on any atom is -0.496 e. The molecule has 0 aliphatic carbocycles. The van der Waals surface area contributed by atoms with Crippen molar-refractivity contribution in [1.82, 2.24) is 0 Å². The fraction of sp³-hybridized carbons (Fsp3) is 0.259. The molecule has 43 heavy (non-hydrogen) atoms. The number of benzene rings is 3. The van der Waals surface area contributed by atoms with Crippen LogP contribution in [-0.2, 0) is 30.4 Å². The summed E-state index contributed by atoms with van der Waals surface area (Å²) in [6, 6.07) is 11.7. The average Bonchev–Trinajstić information content (AvgIpc) is 2.86. The van der Waals surface area contributed by atoms with E-state index in [1.165, 1.54) is 56.7 Å². The Balaban J connectivity index is 2.30. The van der Waals surface area contributed by atoms with Crippen molar-refractivity contribution in [3.05, 3.63) is 59.6 Å². The fourth-order valence-electron chi connectivity index (χ4n) is 3.82. The van der Waals surface area contributed by atoms with E-state index in [2.05, 4.69) is 0 Å². The summed E-state index contributed by atoms with van der Waals surface area (Å²) in [4.78, 5) is 0. The van der Waals surface area contributed by atoms with Gasteiger partial charge < -0.3 is 26.8 Å². The number of ether oxygens (including phenoxy) is 3. The molecule has 0 radical (unpaired) electrons. The Hall–Kier alpha value is -3.66. The van der Waals surface area contributed by atoms with Crippen molar-refractivity contribution in [3.8, 4) is 56.8 Å². The lowest BCUT2D eigenvalue weighted by atomic mass is 9.96. The zero-order valence-corrected chi connectivity index (χ0v) is 27.1. The van der Waals surface area contributed by atoms with Crippen molar-refractivity contribution in [2.24, 2.45) is 0 Å². The van der Waals surface area contributed by atoms with Gasteiger partial charge in [-0.05, 0) is 54.5 Å². The fourth-order valence-corrected chi connectivity index (χ4v) is 5.26. The first kappa shape index (κ1) is 33.8. The van der Waals surface area contributed by atoms with E-state index in [0.717, 1.165) is 18.8 Å². The van der Waals surface area contributed by atoms with Crippen molar-refractivity contribution >= 4 is 42.0 Å². The third-order valence-electron chi connectivity index (χ3n) is 5.35. The van der Waals surface area contributed by atoms with Gasteiger partial charge in [-0.3, -0.25) is 0 Å². The molecule has 3 aromatic rings. The minimum absolute atomic E-state index is 0.0110. The second kappa shape index (κ2) is 13.3. The number of rotatable bonds is 13. The molecular weight excluding hydrogens is 648 g/mol. The largest absolute Gasteiger partial charge is 0.496 e. The summed E-state index contributed by atoms with van der Waals surface area (Å²) in [5.74, 6) is -0.253. The van der Waals surface area contributed by atoms with E-state index in [1.54, 1.807) is 19.1 Å². The van der Waals surface area contributed by atoms with Gasteiger partial charge in [0.1, 0.15) is 18.1 Å². The van der Waals surface area contributed by atoms with E-state index in [-0.39, 0.29) is 52.2 Å². The van der Waals surface area contributed by atoms with Crippen LogP contribution >= 0.6 is 11.6 Å². The molecule has 0 fully saturated rings. The van der Waals surface area contributed by atoms with E-state index in [9.17, 15) is 25.3 Å². The first-order valence-electron chi connectivity index (χ1n) is 12.1. The van der Waals surface area contributed by atoms with Gasteiger partial charge >= 0.3 is 30.4 Å². The zero-order valence-electron chi connectivity index (χ0n) is 23.9. The Morgan fingerprint density at radius 3 is 1.79 bits per heavy atom. The van der Waals surface area contributed by atoms with Gasteiger partial charge in [0.05, 0.1) is 38.6 Å². The van der Waals surface area contributed by atoms with Gasteiger partial charge in [-0.2, -0.15) is 25.3 Å². The Kier molecular flexibility index (Phi) is 10.5. The van der Waals surface area contributed by atoms with Crippen LogP contribution in [0.2, 0.25) is 0 Å². The lowest BCUT2D eigenvalue weighted by Crippen LogP contribution is -2.10. The van der Waals surface area contributed by atoms with Gasteiger partial charge in [0.15, 0.2) is 23.0 Å². The number of halogens is 1. The molecule has 0 aromatic heterocycles. The summed E-state index contributed by atoms with van der Waals surface area (Å²) in [5, 5.41) is 0.458. The molecule has 0 N–H and O–H groups in total. The van der Waals surface area contributed by atoms with E-state index >= 15 is 0 Å². The van der Waals surface area contributed by atoms with E-state index in [0.29, 0.717) is 16.2 Å². The molecule has 3 rings (SSSR count). The Morgan fingerprint density at radius 2 is 1.28 bits per heavy atom. The highest BCUT2D eigenvalue weighted by Gasteiger charge is 2.27. The number of hydrogen-bond acceptors (Lipinski definition) is 12. The topological polar surface area (TPSA) is 158 Å². The molecule has 0 unspecified atom stereocenters. The van der Waals surface area contributed by atoms with Gasteiger partial charge in [0.25, 0.3) is 0 Å². The second-order valence-corrected chi connectivity index (χ2v) is 14.3. The molecule has 12 nitrogen and oxygen atoms in total. The summed E-state index contributed by atoms with van der Waals surface area (Å²) in [6.07, 6.45) is 4.17. The van der Waals surface area contributed by atoms with Crippen LogP contribution in [0.4, 0.5) is 0 Å². The Morgan fingerprint density at radius 1 is 0.698 bits per heavy atom. The summed E-state index contributed by atoms with van der Waals surface area (Å²) in [5.41, 5.74) is 1.11. The van der Waals surface area contributed by atoms with Crippen LogP contribution in [0, 0.1) is 0 Å². The van der Waals surface area contributed by atoms with Crippen LogP contribution in [0.25, 0.3) is 22.3 Å². The summed E-state index contributed by atoms with van der Waals surface area (Å²) < 4.78 is 104. The van der Waals surface area contributed by atoms with Gasteiger partial charge in [0.2, 0.25) is 0 Å². The molecule has 0 saturated heterocycles. The molecule has 0 heterocycles. The lowest BCUT2D eigenvalue weighted by molar-refractivity contribution is 0.347. The smallest absolute Gasteiger partial charge is 0.306 e. The maximum absolute atomic E-state index is 12.4. The van der Waals surface area contributed by atoms with Crippen LogP contribution in [-0.4, -0.2) is 64.8 Å². The van der Waals surface area contributed by atoms with Crippen LogP contribution in [0.1, 0.15) is 6.92 Å². The quantitative estimate of drug-likeness (QED) is 0.233. The van der Waals surface area contributed by atoms with E-state index in [4.69, 9.17) is 38.4 Å². The van der Waals surface area contributed by atoms with Crippen LogP contribution in [0.3, 0.4) is 0 Å². The number of hydrogen-bond donors (Lipinski definition) is 0. The number of allylic oxidation sites excluding steroid dienone is 1. The third kappa shape index (κ3) is 9.68. The van der Waals surface area contributed by atoms with Crippen molar-refractivity contribution in [2.75, 3.05) is 39.6 Å². The third-order valence-corrected chi connectivity index (χ3v) is 6.95. The monoisotopic (exact) mass is 676 g/mol. The summed E-state index contributed by atoms with van der Waals surface area (Å²) >= 11 is 5.85. The second-order valence-electron chi connectivity index (χ2n) is 9.01. The molecule has 3 aromatic carbocycles. The Bertz CT molecular complexity index is 1850. The summed E-state index contributed by atoms with van der Waals surface area (Å²) in [7, 11) is -9.29. The summed E-state index contributed by atoms with van der Waals surface area (Å²) in [6.45, 7) is 1.66. The molecular formula is C27H29ClO12S3. The maximum atomic E-state index is 12.4. The highest BCUT2D eigenvalue weighted by molar-refractivity contribution is 7.86. The van der Waals surface area contributed by atoms with Crippen molar-refractivity contribution in [2.45, 2.75) is 6.92 Å². The van der Waals surface area contributed by atoms with Crippen molar-refractivity contribution < 1.29 is 52.0 Å². The Labute approximate surface area is 256 Å². The predicted octanol–water partition coefficient (Wildman–Crippen LogP) is 4.57. The molecule has 0 atom stereocenters. The maximum Gasteiger partial charge on any atom is 0.306 e. The van der Waals surface area contributed by atoms with Gasteiger partial charge in [0, 0.05) is 10.6 Å². The van der Waals surface area contributed by atoms with Crippen molar-refractivity contribution in [3.63, 3.8) is 0 Å². The average molecular weight is 677 g/mol. The molecule has 0 amide bonds. The van der Waals surface area contributed by atoms with Crippen molar-refractivity contribution in [1.29, 1.82) is 0 Å². The SMILES string of the molecule is COc1cc(-c2ccc(OS(C)(=O)=O)cc2)c(OC)c(OS(C)(=O)=O)c1-c1ccc(OC/C=C(\C)Cl)c(OS(C)(=O)=O)c1. The van der Waals surface area contributed by atoms with Gasteiger partial charge in [-0.1, -0.05) is 29.8 Å². The molecule has 0 spiro atoms. The molecule has 0 aliphatic rings.